The van der Waals surface area contributed by atoms with Crippen molar-refractivity contribution >= 4 is 11.4 Å². The van der Waals surface area contributed by atoms with Gasteiger partial charge in [-0.2, -0.15) is 5.26 Å². The van der Waals surface area contributed by atoms with E-state index >= 15 is 0 Å². The fourth-order valence-electron chi connectivity index (χ4n) is 2.58. The van der Waals surface area contributed by atoms with Crippen LogP contribution in [0, 0.1) is 16.7 Å². The molecule has 1 aromatic carbocycles. The van der Waals surface area contributed by atoms with Crippen LogP contribution < -0.4 is 11.1 Å². The van der Waals surface area contributed by atoms with Gasteiger partial charge in [-0.1, -0.05) is 12.8 Å². The van der Waals surface area contributed by atoms with Gasteiger partial charge in [0.2, 0.25) is 0 Å². The molecule has 4 N–H and O–H groups in total. The highest BCUT2D eigenvalue weighted by Crippen LogP contribution is 2.37. The average molecular weight is 245 g/mol. The first-order chi connectivity index (χ1) is 8.69. The maximum Gasteiger partial charge on any atom is 0.101 e. The number of hydrogen-bond donors (Lipinski definition) is 3. The van der Waals surface area contributed by atoms with Crippen molar-refractivity contribution in [3.05, 3.63) is 23.8 Å². The van der Waals surface area contributed by atoms with E-state index in [0.29, 0.717) is 11.3 Å². The van der Waals surface area contributed by atoms with Gasteiger partial charge < -0.3 is 16.2 Å². The van der Waals surface area contributed by atoms with Crippen LogP contribution in [0.1, 0.15) is 31.2 Å². The van der Waals surface area contributed by atoms with Gasteiger partial charge in [0.25, 0.3) is 0 Å². The Hall–Kier alpha value is -1.73. The molecule has 0 unspecified atom stereocenters. The highest BCUT2D eigenvalue weighted by Gasteiger charge is 2.32. The van der Waals surface area contributed by atoms with Crippen molar-refractivity contribution < 1.29 is 5.11 Å². The van der Waals surface area contributed by atoms with Crippen molar-refractivity contribution in [1.29, 1.82) is 5.26 Å². The number of benzene rings is 1. The summed E-state index contributed by atoms with van der Waals surface area (Å²) in [6.45, 7) is 0.987. The van der Waals surface area contributed by atoms with Crippen LogP contribution in [-0.4, -0.2) is 18.3 Å². The fraction of sp³-hybridized carbons (Fsp3) is 0.500. The van der Waals surface area contributed by atoms with Crippen molar-refractivity contribution in [1.82, 2.24) is 0 Å². The number of nitriles is 1. The number of nitrogens with one attached hydrogen (secondary N) is 1. The van der Waals surface area contributed by atoms with E-state index in [0.717, 1.165) is 25.1 Å². The second-order valence-electron chi connectivity index (χ2n) is 5.13. The lowest BCUT2D eigenvalue weighted by Gasteiger charge is -2.27. The molecule has 18 heavy (non-hydrogen) atoms. The molecule has 4 nitrogen and oxygen atoms in total. The Morgan fingerprint density at radius 1 is 1.39 bits per heavy atom. The Balaban J connectivity index is 2.02. The van der Waals surface area contributed by atoms with E-state index in [2.05, 4.69) is 5.32 Å². The Labute approximate surface area is 107 Å². The summed E-state index contributed by atoms with van der Waals surface area (Å²) in [5, 5.41) is 21.7. The van der Waals surface area contributed by atoms with Crippen LogP contribution >= 0.6 is 0 Å². The van der Waals surface area contributed by atoms with E-state index in [1.165, 1.54) is 12.8 Å². The largest absolute Gasteiger partial charge is 0.398 e. The summed E-state index contributed by atoms with van der Waals surface area (Å²) in [5.74, 6) is 0. The van der Waals surface area contributed by atoms with Gasteiger partial charge in [-0.05, 0) is 31.0 Å². The number of nitrogens with two attached hydrogens (primary N) is 1. The van der Waals surface area contributed by atoms with Gasteiger partial charge in [0.1, 0.15) is 6.07 Å². The van der Waals surface area contributed by atoms with Gasteiger partial charge in [0, 0.05) is 17.6 Å². The molecule has 0 bridgehead atoms. The van der Waals surface area contributed by atoms with E-state index < -0.39 is 0 Å². The first-order valence-electron chi connectivity index (χ1n) is 6.33. The third-order valence-corrected chi connectivity index (χ3v) is 3.84. The molecule has 96 valence electrons. The molecule has 1 aromatic rings. The summed E-state index contributed by atoms with van der Waals surface area (Å²) in [6.07, 6.45) is 4.53. The van der Waals surface area contributed by atoms with Gasteiger partial charge in [0.05, 0.1) is 17.9 Å². The quantitative estimate of drug-likeness (QED) is 0.709. The molecule has 2 rings (SSSR count). The molecular weight excluding hydrogens is 226 g/mol. The van der Waals surface area contributed by atoms with E-state index in [4.69, 9.17) is 11.0 Å². The van der Waals surface area contributed by atoms with Crippen molar-refractivity contribution in [2.24, 2.45) is 5.41 Å². The minimum atomic E-state index is 0.0165. The molecular formula is C14H19N3O. The van der Waals surface area contributed by atoms with E-state index in [9.17, 15) is 5.11 Å². The maximum absolute atomic E-state index is 9.52. The molecule has 0 heterocycles. The van der Waals surface area contributed by atoms with Crippen molar-refractivity contribution in [3.63, 3.8) is 0 Å². The van der Waals surface area contributed by atoms with Crippen LogP contribution in [0.15, 0.2) is 18.2 Å². The Kier molecular flexibility index (Phi) is 3.73. The smallest absolute Gasteiger partial charge is 0.101 e. The number of aliphatic hydroxyl groups is 1. The highest BCUT2D eigenvalue weighted by atomic mass is 16.3. The van der Waals surface area contributed by atoms with Crippen LogP contribution in [0.5, 0.6) is 0 Å². The zero-order valence-corrected chi connectivity index (χ0v) is 10.4. The summed E-state index contributed by atoms with van der Waals surface area (Å²) >= 11 is 0. The predicted molar refractivity (Wildman–Crippen MR) is 72.0 cm³/mol. The van der Waals surface area contributed by atoms with Crippen molar-refractivity contribution in [2.45, 2.75) is 25.7 Å². The van der Waals surface area contributed by atoms with E-state index in [1.54, 1.807) is 12.1 Å². The third-order valence-electron chi connectivity index (χ3n) is 3.84. The number of anilines is 2. The third kappa shape index (κ3) is 2.57. The summed E-state index contributed by atoms with van der Waals surface area (Å²) in [5.41, 5.74) is 7.69. The Morgan fingerprint density at radius 2 is 2.11 bits per heavy atom. The van der Waals surface area contributed by atoms with E-state index in [1.807, 2.05) is 12.1 Å². The van der Waals surface area contributed by atoms with Crippen LogP contribution in [0.25, 0.3) is 0 Å². The van der Waals surface area contributed by atoms with Gasteiger partial charge in [-0.3, -0.25) is 0 Å². The number of nitrogen functional groups attached to an aromatic ring is 1. The molecule has 0 amide bonds. The second-order valence-corrected chi connectivity index (χ2v) is 5.13. The number of rotatable bonds is 4. The van der Waals surface area contributed by atoms with E-state index in [-0.39, 0.29) is 12.0 Å². The molecule has 1 aliphatic rings. The first kappa shape index (κ1) is 12.7. The zero-order valence-electron chi connectivity index (χ0n) is 10.4. The minimum absolute atomic E-state index is 0.0165. The summed E-state index contributed by atoms with van der Waals surface area (Å²) in [4.78, 5) is 0. The highest BCUT2D eigenvalue weighted by molar-refractivity contribution is 5.62. The summed E-state index contributed by atoms with van der Waals surface area (Å²) < 4.78 is 0. The molecule has 1 saturated carbocycles. The molecule has 0 aromatic heterocycles. The molecule has 1 fully saturated rings. The van der Waals surface area contributed by atoms with Crippen LogP contribution in [0.2, 0.25) is 0 Å². The van der Waals surface area contributed by atoms with Crippen LogP contribution in [0.3, 0.4) is 0 Å². The van der Waals surface area contributed by atoms with Gasteiger partial charge >= 0.3 is 0 Å². The normalized spacial score (nSPS) is 17.3. The zero-order chi connectivity index (χ0) is 13.0. The Morgan fingerprint density at radius 3 is 2.67 bits per heavy atom. The van der Waals surface area contributed by atoms with Crippen molar-refractivity contribution in [3.8, 4) is 6.07 Å². The maximum atomic E-state index is 9.52. The van der Waals surface area contributed by atoms with Crippen LogP contribution in [0.4, 0.5) is 11.4 Å². The Bertz CT molecular complexity index is 459. The van der Waals surface area contributed by atoms with Crippen molar-refractivity contribution in [2.75, 3.05) is 24.2 Å². The van der Waals surface area contributed by atoms with Gasteiger partial charge in [-0.25, -0.2) is 0 Å². The molecule has 0 radical (unpaired) electrons. The van der Waals surface area contributed by atoms with Gasteiger partial charge in [-0.15, -0.1) is 0 Å². The lowest BCUT2D eigenvalue weighted by Crippen LogP contribution is -2.30. The van der Waals surface area contributed by atoms with Crippen LogP contribution in [-0.2, 0) is 0 Å². The standard InChI is InChI=1S/C14H19N3O/c15-8-11-3-4-12(7-13(11)16)17-9-14(10-18)5-1-2-6-14/h3-4,7,17-18H,1-2,5-6,9-10,16H2. The molecule has 0 spiro atoms. The molecule has 1 aliphatic carbocycles. The minimum Gasteiger partial charge on any atom is -0.398 e. The first-order valence-corrected chi connectivity index (χ1v) is 6.33. The fourth-order valence-corrected chi connectivity index (χ4v) is 2.58. The lowest BCUT2D eigenvalue weighted by molar-refractivity contribution is 0.142. The monoisotopic (exact) mass is 245 g/mol. The average Bonchev–Trinajstić information content (AvgIpc) is 2.86. The molecule has 0 atom stereocenters. The predicted octanol–water partition coefficient (Wildman–Crippen LogP) is 2.11. The SMILES string of the molecule is N#Cc1ccc(NCC2(CO)CCCC2)cc1N. The number of hydrogen-bond acceptors (Lipinski definition) is 4. The summed E-state index contributed by atoms with van der Waals surface area (Å²) in [6, 6.07) is 7.40. The summed E-state index contributed by atoms with van der Waals surface area (Å²) in [7, 11) is 0. The van der Waals surface area contributed by atoms with Gasteiger partial charge in [0.15, 0.2) is 0 Å². The molecule has 4 heteroatoms. The number of nitrogens with zero attached hydrogens (tertiary/aromatic N) is 1. The lowest BCUT2D eigenvalue weighted by atomic mass is 9.87. The topological polar surface area (TPSA) is 82.1 Å². The second kappa shape index (κ2) is 5.28. The molecule has 0 aliphatic heterocycles. The number of aliphatic hydroxyl groups excluding tert-OH is 1. The molecule has 0 saturated heterocycles.